The minimum absolute atomic E-state index is 0.674. The maximum absolute atomic E-state index is 5.28. The molecule has 0 radical (unpaired) electrons. The van der Waals surface area contributed by atoms with Crippen molar-refractivity contribution < 1.29 is 4.74 Å². The van der Waals surface area contributed by atoms with Crippen LogP contribution in [0.3, 0.4) is 0 Å². The normalized spacial score (nSPS) is 10.6. The van der Waals surface area contributed by atoms with Crippen molar-refractivity contribution in [1.29, 1.82) is 0 Å². The number of ether oxygens (including phenoxy) is 1. The van der Waals surface area contributed by atoms with E-state index in [0.717, 1.165) is 6.54 Å². The molecule has 0 aliphatic carbocycles. The highest BCUT2D eigenvalue weighted by Gasteiger charge is 1.90. The van der Waals surface area contributed by atoms with Gasteiger partial charge >= 0.3 is 0 Å². The average Bonchev–Trinajstić information content (AvgIpc) is 2.00. The van der Waals surface area contributed by atoms with Gasteiger partial charge in [0.25, 0.3) is 0 Å². The third-order valence-electron chi connectivity index (χ3n) is 1.24. The van der Waals surface area contributed by atoms with Gasteiger partial charge in [-0.3, -0.25) is 0 Å². The van der Waals surface area contributed by atoms with Gasteiger partial charge in [0.2, 0.25) is 0 Å². The highest BCUT2D eigenvalue weighted by Crippen LogP contribution is 1.95. The quantitative estimate of drug-likeness (QED) is 0.442. The van der Waals surface area contributed by atoms with Crippen LogP contribution >= 0.6 is 0 Å². The Balaban J connectivity index is 3.44. The summed E-state index contributed by atoms with van der Waals surface area (Å²) in [6.07, 6.45) is 5.29. The first-order valence-corrected chi connectivity index (χ1v) is 3.92. The predicted octanol–water partition coefficient (Wildman–Crippen LogP) is 1.82. The molecule has 12 heavy (non-hydrogen) atoms. The topological polar surface area (TPSA) is 12.5 Å². The average molecular weight is 167 g/mol. The molecule has 68 valence electrons. The van der Waals surface area contributed by atoms with E-state index in [1.165, 1.54) is 0 Å². The fraction of sp³-hybridized carbons (Fsp3) is 0.400. The summed E-state index contributed by atoms with van der Waals surface area (Å²) in [5, 5.41) is 0. The predicted molar refractivity (Wildman–Crippen MR) is 53.0 cm³/mol. The van der Waals surface area contributed by atoms with Gasteiger partial charge in [-0.25, -0.2) is 0 Å². The van der Waals surface area contributed by atoms with Crippen molar-refractivity contribution in [2.45, 2.75) is 0 Å². The summed E-state index contributed by atoms with van der Waals surface area (Å²) in [6.45, 7) is 8.84. The molecule has 0 aromatic rings. The first kappa shape index (κ1) is 11.0. The van der Waals surface area contributed by atoms with Crippen molar-refractivity contribution >= 4 is 0 Å². The number of rotatable bonds is 6. The van der Waals surface area contributed by atoms with Crippen LogP contribution in [0, 0.1) is 0 Å². The second kappa shape index (κ2) is 6.68. The number of hydrogen-bond acceptors (Lipinski definition) is 2. The molecule has 0 N–H and O–H groups in total. The molecule has 0 heterocycles. The molecule has 0 aromatic heterocycles. The lowest BCUT2D eigenvalue weighted by Crippen LogP contribution is -2.17. The highest BCUT2D eigenvalue weighted by molar-refractivity contribution is 5.12. The molecule has 0 unspecified atom stereocenters. The van der Waals surface area contributed by atoms with E-state index in [-0.39, 0.29) is 0 Å². The van der Waals surface area contributed by atoms with E-state index in [4.69, 9.17) is 4.74 Å². The Morgan fingerprint density at radius 2 is 2.17 bits per heavy atom. The molecular formula is C10H17NO. The van der Waals surface area contributed by atoms with E-state index in [9.17, 15) is 0 Å². The van der Waals surface area contributed by atoms with Crippen LogP contribution in [0.1, 0.15) is 0 Å². The highest BCUT2D eigenvalue weighted by atomic mass is 16.5. The van der Waals surface area contributed by atoms with Crippen LogP contribution in [-0.4, -0.2) is 32.1 Å². The van der Waals surface area contributed by atoms with Crippen molar-refractivity contribution in [1.82, 2.24) is 4.90 Å². The van der Waals surface area contributed by atoms with Crippen LogP contribution in [-0.2, 0) is 4.74 Å². The molecule has 0 aliphatic rings. The maximum atomic E-state index is 5.28. The van der Waals surface area contributed by atoms with E-state index < -0.39 is 0 Å². The Bertz CT molecular complexity index is 171. The molecule has 2 nitrogen and oxygen atoms in total. The smallest absolute Gasteiger partial charge is 0.112 e. The minimum Gasteiger partial charge on any atom is -0.493 e. The van der Waals surface area contributed by atoms with E-state index in [1.807, 2.05) is 14.1 Å². The molecule has 0 rings (SSSR count). The second-order valence-corrected chi connectivity index (χ2v) is 2.71. The Hall–Kier alpha value is -1.02. The Morgan fingerprint density at radius 1 is 1.50 bits per heavy atom. The van der Waals surface area contributed by atoms with Crippen LogP contribution < -0.4 is 0 Å². The van der Waals surface area contributed by atoms with Crippen molar-refractivity contribution in [2.75, 3.05) is 27.2 Å². The largest absolute Gasteiger partial charge is 0.493 e. The molecule has 2 heteroatoms. The number of allylic oxidation sites excluding steroid dienone is 3. The van der Waals surface area contributed by atoms with Crippen LogP contribution in [0.25, 0.3) is 0 Å². The summed E-state index contributed by atoms with van der Waals surface area (Å²) in [5.74, 6) is 0.678. The van der Waals surface area contributed by atoms with Crippen molar-refractivity contribution in [3.8, 4) is 0 Å². The standard InChI is InChI=1S/C10H17NO/c1-5-6-7-10(2)12-9-8-11(3)4/h5-7H,1-2,8-9H2,3-4H3. The van der Waals surface area contributed by atoms with Gasteiger partial charge in [-0.15, -0.1) is 0 Å². The number of nitrogens with zero attached hydrogens (tertiary/aromatic N) is 1. The van der Waals surface area contributed by atoms with Crippen LogP contribution in [0.2, 0.25) is 0 Å². The zero-order valence-electron chi connectivity index (χ0n) is 7.92. The lowest BCUT2D eigenvalue weighted by Gasteiger charge is -2.10. The van der Waals surface area contributed by atoms with Crippen LogP contribution in [0.15, 0.2) is 37.1 Å². The van der Waals surface area contributed by atoms with Gasteiger partial charge < -0.3 is 9.64 Å². The van der Waals surface area contributed by atoms with Gasteiger partial charge in [0.05, 0.1) is 0 Å². The van der Waals surface area contributed by atoms with Gasteiger partial charge in [0, 0.05) is 6.54 Å². The Labute approximate surface area is 74.8 Å². The maximum Gasteiger partial charge on any atom is 0.112 e. The molecule has 0 saturated heterocycles. The van der Waals surface area contributed by atoms with E-state index in [2.05, 4.69) is 18.1 Å². The van der Waals surface area contributed by atoms with Crippen LogP contribution in [0.5, 0.6) is 0 Å². The first-order valence-electron chi connectivity index (χ1n) is 3.92. The lowest BCUT2D eigenvalue weighted by atomic mass is 10.4. The van der Waals surface area contributed by atoms with Crippen molar-refractivity contribution in [3.63, 3.8) is 0 Å². The van der Waals surface area contributed by atoms with Crippen molar-refractivity contribution in [2.24, 2.45) is 0 Å². The SMILES string of the molecule is C=CC=CC(=C)OCCN(C)C. The van der Waals surface area contributed by atoms with Crippen LogP contribution in [0.4, 0.5) is 0 Å². The monoisotopic (exact) mass is 167 g/mol. The summed E-state index contributed by atoms with van der Waals surface area (Å²) < 4.78 is 5.28. The van der Waals surface area contributed by atoms with Gasteiger partial charge in [-0.05, 0) is 20.2 Å². The zero-order valence-corrected chi connectivity index (χ0v) is 7.92. The molecule has 0 bridgehead atoms. The summed E-state index contributed by atoms with van der Waals surface area (Å²) in [7, 11) is 4.01. The summed E-state index contributed by atoms with van der Waals surface area (Å²) in [6, 6.07) is 0. The summed E-state index contributed by atoms with van der Waals surface area (Å²) in [4.78, 5) is 2.06. The zero-order chi connectivity index (χ0) is 9.40. The molecule has 0 aliphatic heterocycles. The van der Waals surface area contributed by atoms with Gasteiger partial charge in [-0.2, -0.15) is 0 Å². The third kappa shape index (κ3) is 7.09. The van der Waals surface area contributed by atoms with E-state index in [1.54, 1.807) is 18.2 Å². The summed E-state index contributed by atoms with van der Waals surface area (Å²) in [5.41, 5.74) is 0. The molecule has 0 fully saturated rings. The van der Waals surface area contributed by atoms with Crippen molar-refractivity contribution in [3.05, 3.63) is 37.1 Å². The number of likely N-dealkylation sites (N-methyl/N-ethyl adjacent to an activating group) is 1. The fourth-order valence-electron chi connectivity index (χ4n) is 0.583. The molecule has 0 saturated carbocycles. The minimum atomic E-state index is 0.674. The Kier molecular flexibility index (Phi) is 6.11. The molecule has 0 aromatic carbocycles. The van der Waals surface area contributed by atoms with E-state index in [0.29, 0.717) is 12.4 Å². The third-order valence-corrected chi connectivity index (χ3v) is 1.24. The fourth-order valence-corrected chi connectivity index (χ4v) is 0.583. The second-order valence-electron chi connectivity index (χ2n) is 2.71. The van der Waals surface area contributed by atoms with Gasteiger partial charge in [-0.1, -0.05) is 25.3 Å². The molecular weight excluding hydrogens is 150 g/mol. The van der Waals surface area contributed by atoms with E-state index >= 15 is 0 Å². The molecule has 0 atom stereocenters. The van der Waals surface area contributed by atoms with Gasteiger partial charge in [0.15, 0.2) is 0 Å². The van der Waals surface area contributed by atoms with Gasteiger partial charge in [0.1, 0.15) is 12.4 Å². The number of hydrogen-bond donors (Lipinski definition) is 0. The molecule has 0 amide bonds. The summed E-state index contributed by atoms with van der Waals surface area (Å²) >= 11 is 0. The molecule has 0 spiro atoms. The Morgan fingerprint density at radius 3 is 2.67 bits per heavy atom. The first-order chi connectivity index (χ1) is 5.66. The lowest BCUT2D eigenvalue weighted by molar-refractivity contribution is 0.194.